The number of amidine groups is 1. The highest BCUT2D eigenvalue weighted by molar-refractivity contribution is 6.18. The van der Waals surface area contributed by atoms with E-state index in [2.05, 4.69) is 18.0 Å². The van der Waals surface area contributed by atoms with Gasteiger partial charge in [-0.3, -0.25) is 14.7 Å². The lowest BCUT2D eigenvalue weighted by Crippen LogP contribution is -2.43. The van der Waals surface area contributed by atoms with Crippen molar-refractivity contribution in [2.24, 2.45) is 4.99 Å². The minimum Gasteiger partial charge on any atom is -0.497 e. The number of nitrogens with zero attached hydrogens (tertiary/aromatic N) is 3. The number of aliphatic imine (C=N–C) groups is 1. The summed E-state index contributed by atoms with van der Waals surface area (Å²) in [6, 6.07) is 7.48. The van der Waals surface area contributed by atoms with Crippen molar-refractivity contribution in [1.29, 1.82) is 0 Å². The van der Waals surface area contributed by atoms with Crippen LogP contribution in [0.5, 0.6) is 5.75 Å². The zero-order valence-corrected chi connectivity index (χ0v) is 17.4. The number of carbonyl (C=O) groups excluding carboxylic acids is 1. The highest BCUT2D eigenvalue weighted by Gasteiger charge is 2.31. The second kappa shape index (κ2) is 10.1. The molecule has 152 valence electrons. The van der Waals surface area contributed by atoms with Gasteiger partial charge in [0.05, 0.1) is 13.7 Å². The van der Waals surface area contributed by atoms with Gasteiger partial charge in [0, 0.05) is 19.8 Å². The van der Waals surface area contributed by atoms with Gasteiger partial charge in [0.1, 0.15) is 23.5 Å². The lowest BCUT2D eigenvalue weighted by Gasteiger charge is -2.34. The fourth-order valence-corrected chi connectivity index (χ4v) is 3.19. The predicted molar refractivity (Wildman–Crippen MR) is 113 cm³/mol. The average Bonchev–Trinajstić information content (AvgIpc) is 2.72. The van der Waals surface area contributed by atoms with E-state index in [4.69, 9.17) is 4.74 Å². The maximum atomic E-state index is 13.8. The molecule has 0 aromatic heterocycles. The Bertz CT molecular complexity index is 768. The van der Waals surface area contributed by atoms with Crippen LogP contribution >= 0.6 is 0 Å². The third-order valence-electron chi connectivity index (χ3n) is 4.73. The summed E-state index contributed by atoms with van der Waals surface area (Å²) in [5, 5.41) is 0. The summed E-state index contributed by atoms with van der Waals surface area (Å²) in [6.45, 7) is 3.91. The maximum absolute atomic E-state index is 13.8. The molecule has 0 bridgehead atoms. The molecule has 28 heavy (non-hydrogen) atoms. The first-order valence-corrected chi connectivity index (χ1v) is 9.66. The quantitative estimate of drug-likeness (QED) is 0.698. The number of anilines is 1. The molecule has 0 radical (unpaired) electrons. The Balaban J connectivity index is 2.47. The summed E-state index contributed by atoms with van der Waals surface area (Å²) in [5.41, 5.74) is 2.37. The second-order valence-corrected chi connectivity index (χ2v) is 6.70. The number of hydrogen-bond acceptors (Lipinski definition) is 3. The Labute approximate surface area is 167 Å². The van der Waals surface area contributed by atoms with Crippen molar-refractivity contribution in [2.45, 2.75) is 39.3 Å². The molecule has 1 aromatic rings. The molecular formula is C22H30FN3O2. The number of likely N-dealkylation sites (N-methyl/N-ethyl adjacent to an activating group) is 1. The summed E-state index contributed by atoms with van der Waals surface area (Å²) in [5.74, 6) is 1.25. The van der Waals surface area contributed by atoms with Crippen molar-refractivity contribution < 1.29 is 13.9 Å². The van der Waals surface area contributed by atoms with Crippen molar-refractivity contribution in [2.75, 3.05) is 32.6 Å². The number of allylic oxidation sites excluding steroid dienone is 2. The van der Waals surface area contributed by atoms with Crippen LogP contribution in [-0.2, 0) is 4.79 Å². The Morgan fingerprint density at radius 1 is 1.36 bits per heavy atom. The molecule has 1 atom stereocenters. The van der Waals surface area contributed by atoms with Gasteiger partial charge in [0.2, 0.25) is 0 Å². The van der Waals surface area contributed by atoms with Gasteiger partial charge in [-0.2, -0.15) is 0 Å². The van der Waals surface area contributed by atoms with Crippen LogP contribution in [-0.4, -0.2) is 50.6 Å². The number of ether oxygens (including phenoxy) is 1. The third-order valence-corrected chi connectivity index (χ3v) is 4.73. The number of amides is 1. The molecular weight excluding hydrogens is 357 g/mol. The molecule has 0 saturated heterocycles. The first kappa shape index (κ1) is 21.7. The summed E-state index contributed by atoms with van der Waals surface area (Å²) in [6.07, 6.45) is 4.86. The molecule has 2 rings (SSSR count). The minimum atomic E-state index is -1.04. The molecule has 1 unspecified atom stereocenters. The molecule has 1 aromatic carbocycles. The van der Waals surface area contributed by atoms with Crippen LogP contribution in [0.15, 0.2) is 52.7 Å². The number of benzene rings is 1. The molecule has 6 heteroatoms. The number of hydrogen-bond donors (Lipinski definition) is 0. The Hall–Kier alpha value is -2.63. The smallest absolute Gasteiger partial charge is 0.270 e. The topological polar surface area (TPSA) is 45.1 Å². The van der Waals surface area contributed by atoms with Crippen LogP contribution in [0.1, 0.15) is 33.1 Å². The van der Waals surface area contributed by atoms with Crippen LogP contribution in [0.4, 0.5) is 10.1 Å². The van der Waals surface area contributed by atoms with E-state index in [1.165, 1.54) is 4.90 Å². The summed E-state index contributed by atoms with van der Waals surface area (Å²) < 4.78 is 19.1. The molecule has 1 heterocycles. The highest BCUT2D eigenvalue weighted by Crippen LogP contribution is 2.31. The number of methoxy groups -OCH3 is 1. The van der Waals surface area contributed by atoms with E-state index in [1.807, 2.05) is 35.2 Å². The van der Waals surface area contributed by atoms with Crippen LogP contribution < -0.4 is 9.64 Å². The van der Waals surface area contributed by atoms with Crippen molar-refractivity contribution in [3.05, 3.63) is 47.7 Å². The standard InChI is InChI=1S/C22H30FN3O2/c1-6-8-16-9-14-20(22(27)25(4)15-17(23)7-2)26(21(16)24-3)18-10-12-19(28-5)13-11-18/h8,10-14,17H,6-7,9,15H2,1-5H3/b16-8-,24-21+. The van der Waals surface area contributed by atoms with Crippen molar-refractivity contribution in [3.8, 4) is 5.75 Å². The van der Waals surface area contributed by atoms with Crippen LogP contribution in [0, 0.1) is 0 Å². The summed E-state index contributed by atoms with van der Waals surface area (Å²) in [7, 11) is 4.97. The van der Waals surface area contributed by atoms with Crippen molar-refractivity contribution in [3.63, 3.8) is 0 Å². The number of alkyl halides is 1. The van der Waals surface area contributed by atoms with E-state index in [0.29, 0.717) is 18.5 Å². The molecule has 1 aliphatic heterocycles. The van der Waals surface area contributed by atoms with Crippen molar-refractivity contribution >= 4 is 17.4 Å². The van der Waals surface area contributed by atoms with Crippen LogP contribution in [0.3, 0.4) is 0 Å². The zero-order chi connectivity index (χ0) is 20.7. The lowest BCUT2D eigenvalue weighted by molar-refractivity contribution is -0.126. The van der Waals surface area contributed by atoms with E-state index in [0.717, 1.165) is 29.3 Å². The minimum absolute atomic E-state index is 0.0688. The van der Waals surface area contributed by atoms with Crippen molar-refractivity contribution in [1.82, 2.24) is 4.90 Å². The monoisotopic (exact) mass is 387 g/mol. The summed E-state index contributed by atoms with van der Waals surface area (Å²) in [4.78, 5) is 20.9. The molecule has 5 nitrogen and oxygen atoms in total. The molecule has 0 fully saturated rings. The largest absolute Gasteiger partial charge is 0.497 e. The van der Waals surface area contributed by atoms with Gasteiger partial charge in [0.15, 0.2) is 0 Å². The van der Waals surface area contributed by atoms with E-state index in [-0.39, 0.29) is 12.5 Å². The third kappa shape index (κ3) is 4.80. The SMILES string of the molecule is CC/C=C1/CC=C(C(=O)N(C)CC(F)CC)N(c2ccc(OC)cc2)/C1=N/C. The van der Waals surface area contributed by atoms with E-state index >= 15 is 0 Å². The van der Waals surface area contributed by atoms with Gasteiger partial charge < -0.3 is 9.64 Å². The number of carbonyl (C=O) groups is 1. The first-order valence-electron chi connectivity index (χ1n) is 9.66. The number of halogens is 1. The predicted octanol–water partition coefficient (Wildman–Crippen LogP) is 4.36. The average molecular weight is 387 g/mol. The maximum Gasteiger partial charge on any atom is 0.270 e. The van der Waals surface area contributed by atoms with Gasteiger partial charge in [-0.05, 0) is 49.1 Å². The zero-order valence-electron chi connectivity index (χ0n) is 17.4. The normalized spacial score (nSPS) is 18.2. The molecule has 0 spiro atoms. The molecule has 1 amide bonds. The van der Waals surface area contributed by atoms with Gasteiger partial charge in [-0.25, -0.2) is 4.39 Å². The van der Waals surface area contributed by atoms with Crippen LogP contribution in [0.25, 0.3) is 0 Å². The van der Waals surface area contributed by atoms with Gasteiger partial charge in [0.25, 0.3) is 5.91 Å². The molecule has 0 aliphatic carbocycles. The molecule has 0 N–H and O–H groups in total. The van der Waals surface area contributed by atoms with Gasteiger partial charge in [-0.1, -0.05) is 26.0 Å². The second-order valence-electron chi connectivity index (χ2n) is 6.70. The van der Waals surface area contributed by atoms with E-state index < -0.39 is 6.17 Å². The Kier molecular flexibility index (Phi) is 7.79. The fourth-order valence-electron chi connectivity index (χ4n) is 3.19. The van der Waals surface area contributed by atoms with Crippen LogP contribution in [0.2, 0.25) is 0 Å². The van der Waals surface area contributed by atoms with Gasteiger partial charge >= 0.3 is 0 Å². The van der Waals surface area contributed by atoms with E-state index in [9.17, 15) is 9.18 Å². The lowest BCUT2D eigenvalue weighted by atomic mass is 10.0. The summed E-state index contributed by atoms with van der Waals surface area (Å²) >= 11 is 0. The molecule has 1 aliphatic rings. The Morgan fingerprint density at radius 2 is 2.04 bits per heavy atom. The highest BCUT2D eigenvalue weighted by atomic mass is 19.1. The Morgan fingerprint density at radius 3 is 2.57 bits per heavy atom. The first-order chi connectivity index (χ1) is 13.5. The molecule has 0 saturated carbocycles. The van der Waals surface area contributed by atoms with Gasteiger partial charge in [-0.15, -0.1) is 0 Å². The number of rotatable bonds is 7. The van der Waals surface area contributed by atoms with E-state index in [1.54, 1.807) is 28.1 Å². The fraction of sp³-hybridized carbons (Fsp3) is 0.455.